The minimum atomic E-state index is -0.309. The van der Waals surface area contributed by atoms with E-state index in [1.54, 1.807) is 16.1 Å². The molecule has 1 aliphatic heterocycles. The maximum Gasteiger partial charge on any atom is 0.409 e. The van der Waals surface area contributed by atoms with Gasteiger partial charge in [-0.3, -0.25) is 9.78 Å². The third kappa shape index (κ3) is 5.05. The lowest BCUT2D eigenvalue weighted by atomic mass is 9.83. The van der Waals surface area contributed by atoms with Crippen molar-refractivity contribution < 1.29 is 18.7 Å². The second-order valence-corrected chi connectivity index (χ2v) is 10.0. The highest BCUT2D eigenvalue weighted by atomic mass is 35.5. The number of pyridine rings is 1. The van der Waals surface area contributed by atoms with E-state index in [9.17, 15) is 9.59 Å². The van der Waals surface area contributed by atoms with Gasteiger partial charge in [0.05, 0.1) is 22.8 Å². The van der Waals surface area contributed by atoms with Crippen molar-refractivity contribution in [1.82, 2.24) is 19.8 Å². The Labute approximate surface area is 215 Å². The summed E-state index contributed by atoms with van der Waals surface area (Å²) in [4.78, 5) is 38.1. The van der Waals surface area contributed by atoms with Crippen LogP contribution < -0.4 is 0 Å². The number of ether oxygens (including phenoxy) is 1. The molecule has 1 fully saturated rings. The highest BCUT2D eigenvalue weighted by Crippen LogP contribution is 2.36. The molecule has 0 spiro atoms. The topological polar surface area (TPSA) is 88.8 Å². The lowest BCUT2D eigenvalue weighted by Crippen LogP contribution is -2.50. The maximum atomic E-state index is 13.2. The number of amides is 2. The second kappa shape index (κ2) is 10.5. The van der Waals surface area contributed by atoms with Crippen molar-refractivity contribution in [3.63, 3.8) is 0 Å². The monoisotopic (exact) mass is 510 g/mol. The molecule has 3 heterocycles. The van der Waals surface area contributed by atoms with Crippen LogP contribution in [0.1, 0.15) is 53.0 Å². The summed E-state index contributed by atoms with van der Waals surface area (Å²) in [5, 5.41) is 1.60. The van der Waals surface area contributed by atoms with Gasteiger partial charge in [-0.15, -0.1) is 0 Å². The first kappa shape index (κ1) is 24.6. The number of piperazine rings is 1. The molecule has 190 valence electrons. The zero-order valence-corrected chi connectivity index (χ0v) is 21.5. The summed E-state index contributed by atoms with van der Waals surface area (Å²) in [7, 11) is 0. The molecule has 5 rings (SSSR count). The van der Waals surface area contributed by atoms with Crippen LogP contribution in [0.25, 0.3) is 10.9 Å². The Morgan fingerprint density at radius 2 is 1.94 bits per heavy atom. The molecule has 2 amide bonds. The Kier molecular flexibility index (Phi) is 7.14. The van der Waals surface area contributed by atoms with E-state index in [0.29, 0.717) is 50.2 Å². The summed E-state index contributed by atoms with van der Waals surface area (Å²) in [6, 6.07) is 5.57. The number of hydrogen-bond acceptors (Lipinski definition) is 6. The van der Waals surface area contributed by atoms with Crippen molar-refractivity contribution in [1.29, 1.82) is 0 Å². The molecule has 3 aromatic rings. The fraction of sp³-hybridized carbons (Fsp3) is 0.481. The third-order valence-electron chi connectivity index (χ3n) is 7.05. The van der Waals surface area contributed by atoms with E-state index in [-0.39, 0.29) is 12.0 Å². The maximum absolute atomic E-state index is 13.2. The number of benzene rings is 1. The summed E-state index contributed by atoms with van der Waals surface area (Å²) < 4.78 is 10.6. The Bertz CT molecular complexity index is 1280. The van der Waals surface area contributed by atoms with Gasteiger partial charge in [0.15, 0.2) is 5.89 Å². The van der Waals surface area contributed by atoms with Crippen molar-refractivity contribution in [2.45, 2.75) is 46.0 Å². The van der Waals surface area contributed by atoms with E-state index in [1.165, 1.54) is 0 Å². The van der Waals surface area contributed by atoms with E-state index in [4.69, 9.17) is 25.7 Å². The average Bonchev–Trinajstić information content (AvgIpc) is 3.31. The van der Waals surface area contributed by atoms with Crippen molar-refractivity contribution in [3.05, 3.63) is 57.9 Å². The summed E-state index contributed by atoms with van der Waals surface area (Å²) in [5.74, 6) is 1.07. The van der Waals surface area contributed by atoms with Gasteiger partial charge in [0, 0.05) is 49.7 Å². The number of aromatic nitrogens is 2. The summed E-state index contributed by atoms with van der Waals surface area (Å²) >= 11 is 6.88. The van der Waals surface area contributed by atoms with Gasteiger partial charge < -0.3 is 19.0 Å². The molecular weight excluding hydrogens is 480 g/mol. The molecule has 2 aromatic heterocycles. The van der Waals surface area contributed by atoms with E-state index in [0.717, 1.165) is 65.0 Å². The van der Waals surface area contributed by atoms with Gasteiger partial charge in [-0.05, 0) is 55.7 Å². The van der Waals surface area contributed by atoms with E-state index in [1.807, 2.05) is 32.0 Å². The molecule has 9 heteroatoms. The van der Waals surface area contributed by atoms with E-state index < -0.39 is 0 Å². The Morgan fingerprint density at radius 3 is 2.67 bits per heavy atom. The lowest BCUT2D eigenvalue weighted by molar-refractivity contribution is 0.0560. The van der Waals surface area contributed by atoms with Crippen molar-refractivity contribution in [3.8, 4) is 0 Å². The van der Waals surface area contributed by atoms with E-state index in [2.05, 4.69) is 4.98 Å². The number of rotatable bonds is 5. The zero-order valence-electron chi connectivity index (χ0n) is 20.8. The molecule has 8 nitrogen and oxygen atoms in total. The normalized spacial score (nSPS) is 17.8. The standard InChI is InChI=1S/C27H31ClN4O4/c1-3-12-35-27(34)32-10-8-31(9-11-32)26(33)19-5-6-21-24(15-19)30-23-7-4-18(14-22(23)25(21)28)13-20-16-36-17(2)29-20/h5-6,15-16,18H,3-4,7-14H2,1-2H3. The number of hydrogen-bond donors (Lipinski definition) is 0. The van der Waals surface area contributed by atoms with Gasteiger partial charge in [-0.2, -0.15) is 0 Å². The quantitative estimate of drug-likeness (QED) is 0.488. The SMILES string of the molecule is CCCOC(=O)N1CCN(C(=O)c2ccc3c(Cl)c4c(nc3c2)CCC(Cc2coc(C)n2)C4)CC1. The van der Waals surface area contributed by atoms with Crippen molar-refractivity contribution in [2.75, 3.05) is 32.8 Å². The van der Waals surface area contributed by atoms with Crippen molar-refractivity contribution in [2.24, 2.45) is 5.92 Å². The number of carbonyl (C=O) groups is 2. The molecule has 0 saturated carbocycles. The molecule has 36 heavy (non-hydrogen) atoms. The number of carbonyl (C=O) groups excluding carboxylic acids is 2. The first-order chi connectivity index (χ1) is 17.4. The Hall–Kier alpha value is -3.13. The molecule has 1 aliphatic carbocycles. The molecular formula is C27H31ClN4O4. The number of fused-ring (bicyclic) bond motifs is 2. The van der Waals surface area contributed by atoms with E-state index >= 15 is 0 Å². The highest BCUT2D eigenvalue weighted by Gasteiger charge is 2.27. The summed E-state index contributed by atoms with van der Waals surface area (Å²) in [6.45, 7) is 6.12. The lowest BCUT2D eigenvalue weighted by Gasteiger charge is -2.34. The number of nitrogens with zero attached hydrogens (tertiary/aromatic N) is 4. The fourth-order valence-corrected chi connectivity index (χ4v) is 5.46. The largest absolute Gasteiger partial charge is 0.449 e. The zero-order chi connectivity index (χ0) is 25.2. The van der Waals surface area contributed by atoms with Gasteiger partial charge in [0.25, 0.3) is 5.91 Å². The summed E-state index contributed by atoms with van der Waals surface area (Å²) in [6.07, 6.45) is 5.80. The van der Waals surface area contributed by atoms with Crippen LogP contribution in [0.2, 0.25) is 5.02 Å². The Morgan fingerprint density at radius 1 is 1.17 bits per heavy atom. The predicted molar refractivity (Wildman–Crippen MR) is 136 cm³/mol. The molecule has 1 unspecified atom stereocenters. The van der Waals surface area contributed by atoms with Crippen LogP contribution in [0, 0.1) is 12.8 Å². The minimum absolute atomic E-state index is 0.0583. The van der Waals surface area contributed by atoms with Crippen LogP contribution in [0.15, 0.2) is 28.9 Å². The minimum Gasteiger partial charge on any atom is -0.449 e. The first-order valence-electron chi connectivity index (χ1n) is 12.7. The fourth-order valence-electron chi connectivity index (χ4n) is 5.12. The third-order valence-corrected chi connectivity index (χ3v) is 7.48. The number of oxazole rings is 1. The smallest absolute Gasteiger partial charge is 0.409 e. The highest BCUT2D eigenvalue weighted by molar-refractivity contribution is 6.36. The summed E-state index contributed by atoms with van der Waals surface area (Å²) in [5.41, 5.74) is 4.43. The molecule has 1 saturated heterocycles. The first-order valence-corrected chi connectivity index (χ1v) is 13.0. The van der Waals surface area contributed by atoms with Gasteiger partial charge in [-0.25, -0.2) is 9.78 Å². The van der Waals surface area contributed by atoms with Crippen molar-refractivity contribution >= 4 is 34.5 Å². The van der Waals surface area contributed by atoms with Crippen LogP contribution in [-0.2, 0) is 24.0 Å². The van der Waals surface area contributed by atoms with Crippen LogP contribution >= 0.6 is 11.6 Å². The molecule has 0 N–H and O–H groups in total. The second-order valence-electron chi connectivity index (χ2n) is 9.65. The van der Waals surface area contributed by atoms with Crippen LogP contribution in [0.3, 0.4) is 0 Å². The van der Waals surface area contributed by atoms with Gasteiger partial charge in [-0.1, -0.05) is 24.6 Å². The molecule has 0 radical (unpaired) electrons. The molecule has 0 bridgehead atoms. The van der Waals surface area contributed by atoms with Gasteiger partial charge in [0.1, 0.15) is 6.26 Å². The Balaban J connectivity index is 1.28. The average molecular weight is 511 g/mol. The van der Waals surface area contributed by atoms with Crippen LogP contribution in [0.4, 0.5) is 4.79 Å². The molecule has 1 aromatic carbocycles. The molecule has 2 aliphatic rings. The number of aryl methyl sites for hydroxylation is 2. The molecule has 1 atom stereocenters. The van der Waals surface area contributed by atoms with Gasteiger partial charge in [0.2, 0.25) is 0 Å². The van der Waals surface area contributed by atoms with Crippen LogP contribution in [0.5, 0.6) is 0 Å². The number of halogens is 1. The van der Waals surface area contributed by atoms with Gasteiger partial charge >= 0.3 is 6.09 Å². The van der Waals surface area contributed by atoms with Crippen LogP contribution in [-0.4, -0.2) is 64.6 Å². The predicted octanol–water partition coefficient (Wildman–Crippen LogP) is 4.84.